The molecule has 1 heterocycles. The molecule has 1 N–H and O–H groups in total. The largest absolute Gasteiger partial charge is 0.496 e. The minimum absolute atomic E-state index is 0.0426. The van der Waals surface area contributed by atoms with Crippen LogP contribution in [0.3, 0.4) is 0 Å². The molecule has 2 aromatic carbocycles. The third-order valence-corrected chi connectivity index (χ3v) is 5.28. The van der Waals surface area contributed by atoms with Crippen molar-refractivity contribution < 1.29 is 28.6 Å². The Bertz CT molecular complexity index is 1100. The molecule has 0 aliphatic carbocycles. The zero-order valence-corrected chi connectivity index (χ0v) is 20.2. The molecule has 174 valence electrons. The second-order valence-corrected chi connectivity index (χ2v) is 8.07. The SMILES string of the molecule is CCCOc1ccc(CN2C(=O)NC(=O)/C(=C\c3cc(Br)ccc3OC)C2=O)cc1OCC. The van der Waals surface area contributed by atoms with Gasteiger partial charge >= 0.3 is 6.03 Å². The van der Waals surface area contributed by atoms with Gasteiger partial charge in [0, 0.05) is 10.0 Å². The Kier molecular flexibility index (Phi) is 8.11. The van der Waals surface area contributed by atoms with Crippen molar-refractivity contribution in [2.75, 3.05) is 20.3 Å². The Morgan fingerprint density at radius 1 is 1.00 bits per heavy atom. The zero-order chi connectivity index (χ0) is 24.0. The molecule has 2 aromatic rings. The lowest BCUT2D eigenvalue weighted by atomic mass is 10.1. The van der Waals surface area contributed by atoms with E-state index < -0.39 is 17.8 Å². The third-order valence-electron chi connectivity index (χ3n) is 4.79. The van der Waals surface area contributed by atoms with Gasteiger partial charge in [-0.1, -0.05) is 28.9 Å². The van der Waals surface area contributed by atoms with Crippen LogP contribution in [0.4, 0.5) is 4.79 Å². The van der Waals surface area contributed by atoms with Gasteiger partial charge in [0.15, 0.2) is 11.5 Å². The van der Waals surface area contributed by atoms with Gasteiger partial charge in [-0.3, -0.25) is 19.8 Å². The number of nitrogens with zero attached hydrogens (tertiary/aromatic N) is 1. The van der Waals surface area contributed by atoms with Gasteiger partial charge in [0.25, 0.3) is 11.8 Å². The Morgan fingerprint density at radius 3 is 2.45 bits per heavy atom. The Hall–Kier alpha value is -3.33. The number of barbiturate groups is 1. The first-order chi connectivity index (χ1) is 15.9. The van der Waals surface area contributed by atoms with Crippen LogP contribution in [0.1, 0.15) is 31.4 Å². The second-order valence-electron chi connectivity index (χ2n) is 7.16. The van der Waals surface area contributed by atoms with Crippen LogP contribution >= 0.6 is 15.9 Å². The Balaban J connectivity index is 1.90. The summed E-state index contributed by atoms with van der Waals surface area (Å²) in [4.78, 5) is 39.0. The van der Waals surface area contributed by atoms with Crippen molar-refractivity contribution >= 4 is 39.9 Å². The summed E-state index contributed by atoms with van der Waals surface area (Å²) in [6, 6.07) is 9.66. The van der Waals surface area contributed by atoms with Crippen molar-refractivity contribution in [3.63, 3.8) is 0 Å². The van der Waals surface area contributed by atoms with Crippen LogP contribution in [-0.4, -0.2) is 43.1 Å². The monoisotopic (exact) mass is 516 g/mol. The van der Waals surface area contributed by atoms with Gasteiger partial charge in [-0.2, -0.15) is 0 Å². The van der Waals surface area contributed by atoms with E-state index in [0.29, 0.717) is 41.6 Å². The van der Waals surface area contributed by atoms with Crippen molar-refractivity contribution in [1.29, 1.82) is 0 Å². The highest BCUT2D eigenvalue weighted by atomic mass is 79.9. The van der Waals surface area contributed by atoms with Crippen LogP contribution in [0.5, 0.6) is 17.2 Å². The number of hydrogen-bond donors (Lipinski definition) is 1. The lowest BCUT2D eigenvalue weighted by molar-refractivity contribution is -0.130. The van der Waals surface area contributed by atoms with Gasteiger partial charge in [-0.05, 0) is 55.3 Å². The maximum atomic E-state index is 13.1. The summed E-state index contributed by atoms with van der Waals surface area (Å²) in [6.07, 6.45) is 2.26. The molecule has 0 unspecified atom stereocenters. The van der Waals surface area contributed by atoms with E-state index in [9.17, 15) is 14.4 Å². The Labute approximate surface area is 200 Å². The van der Waals surface area contributed by atoms with E-state index >= 15 is 0 Å². The summed E-state index contributed by atoms with van der Waals surface area (Å²) >= 11 is 3.37. The van der Waals surface area contributed by atoms with Crippen LogP contribution in [0.2, 0.25) is 0 Å². The fourth-order valence-corrected chi connectivity index (χ4v) is 3.62. The predicted octanol–water partition coefficient (Wildman–Crippen LogP) is 4.31. The van der Waals surface area contributed by atoms with Crippen molar-refractivity contribution in [2.45, 2.75) is 26.8 Å². The van der Waals surface area contributed by atoms with Crippen LogP contribution in [0.15, 0.2) is 46.4 Å². The predicted molar refractivity (Wildman–Crippen MR) is 126 cm³/mol. The normalized spacial score (nSPS) is 15.0. The maximum Gasteiger partial charge on any atom is 0.331 e. The van der Waals surface area contributed by atoms with E-state index in [-0.39, 0.29) is 12.1 Å². The first-order valence-corrected chi connectivity index (χ1v) is 11.3. The highest BCUT2D eigenvalue weighted by Crippen LogP contribution is 2.30. The topological polar surface area (TPSA) is 94.2 Å². The number of imide groups is 2. The number of carbonyl (C=O) groups excluding carboxylic acids is 3. The van der Waals surface area contributed by atoms with Crippen molar-refractivity contribution in [3.8, 4) is 17.2 Å². The molecule has 1 aliphatic heterocycles. The first kappa shape index (κ1) is 24.3. The maximum absolute atomic E-state index is 13.1. The number of ether oxygens (including phenoxy) is 3. The van der Waals surface area contributed by atoms with E-state index in [1.54, 1.807) is 36.4 Å². The van der Waals surface area contributed by atoms with E-state index in [1.807, 2.05) is 13.8 Å². The molecule has 4 amide bonds. The summed E-state index contributed by atoms with van der Waals surface area (Å²) in [5.41, 5.74) is 1.01. The molecule has 3 rings (SSSR count). The lowest BCUT2D eigenvalue weighted by Gasteiger charge is -2.26. The minimum Gasteiger partial charge on any atom is -0.496 e. The summed E-state index contributed by atoms with van der Waals surface area (Å²) in [5, 5.41) is 2.23. The molecule has 0 radical (unpaired) electrons. The van der Waals surface area contributed by atoms with Crippen LogP contribution < -0.4 is 19.5 Å². The van der Waals surface area contributed by atoms with Crippen molar-refractivity contribution in [2.24, 2.45) is 0 Å². The van der Waals surface area contributed by atoms with E-state index in [2.05, 4.69) is 21.2 Å². The number of amides is 4. The molecule has 0 spiro atoms. The number of carbonyl (C=O) groups is 3. The fourth-order valence-electron chi connectivity index (χ4n) is 3.24. The number of hydrogen-bond acceptors (Lipinski definition) is 6. The molecule has 0 aromatic heterocycles. The number of nitrogens with one attached hydrogen (secondary N) is 1. The number of methoxy groups -OCH3 is 1. The molecule has 8 nitrogen and oxygen atoms in total. The molecule has 0 saturated carbocycles. The fraction of sp³-hybridized carbons (Fsp3) is 0.292. The third kappa shape index (κ3) is 5.73. The Morgan fingerprint density at radius 2 is 1.76 bits per heavy atom. The van der Waals surface area contributed by atoms with Crippen molar-refractivity contribution in [3.05, 3.63) is 57.6 Å². The van der Waals surface area contributed by atoms with Gasteiger partial charge in [-0.25, -0.2) is 4.79 Å². The first-order valence-electron chi connectivity index (χ1n) is 10.5. The summed E-state index contributed by atoms with van der Waals surface area (Å²) < 4.78 is 17.4. The number of benzene rings is 2. The standard InChI is InChI=1S/C24H25BrN2O6/c1-4-10-33-20-8-6-15(11-21(20)32-5-2)14-27-23(29)18(22(28)26-24(27)30)13-16-12-17(25)7-9-19(16)31-3/h6-9,11-13H,4-5,10,14H2,1-3H3,(H,26,28,30)/b18-13+. The van der Waals surface area contributed by atoms with Gasteiger partial charge in [-0.15, -0.1) is 0 Å². The molecule has 33 heavy (non-hydrogen) atoms. The molecular weight excluding hydrogens is 492 g/mol. The van der Waals surface area contributed by atoms with Gasteiger partial charge in [0.2, 0.25) is 0 Å². The summed E-state index contributed by atoms with van der Waals surface area (Å²) in [6.45, 7) is 4.80. The number of rotatable bonds is 9. The molecular formula is C24H25BrN2O6. The molecule has 1 saturated heterocycles. The van der Waals surface area contributed by atoms with Crippen molar-refractivity contribution in [1.82, 2.24) is 10.2 Å². The average molecular weight is 517 g/mol. The van der Waals surface area contributed by atoms with Crippen LogP contribution in [0, 0.1) is 0 Å². The summed E-state index contributed by atoms with van der Waals surface area (Å²) in [5.74, 6) is 0.142. The molecule has 0 atom stereocenters. The van der Waals surface area contributed by atoms with Gasteiger partial charge in [0.05, 0.1) is 26.9 Å². The van der Waals surface area contributed by atoms with Crippen LogP contribution in [0.25, 0.3) is 6.08 Å². The zero-order valence-electron chi connectivity index (χ0n) is 18.6. The van der Waals surface area contributed by atoms with E-state index in [1.165, 1.54) is 13.2 Å². The van der Waals surface area contributed by atoms with Crippen LogP contribution in [-0.2, 0) is 16.1 Å². The number of urea groups is 1. The smallest absolute Gasteiger partial charge is 0.331 e. The molecule has 1 fully saturated rings. The molecule has 0 bridgehead atoms. The van der Waals surface area contributed by atoms with Gasteiger partial charge < -0.3 is 14.2 Å². The highest BCUT2D eigenvalue weighted by Gasteiger charge is 2.36. The highest BCUT2D eigenvalue weighted by molar-refractivity contribution is 9.10. The molecule has 1 aliphatic rings. The lowest BCUT2D eigenvalue weighted by Crippen LogP contribution is -2.53. The average Bonchev–Trinajstić information content (AvgIpc) is 2.79. The number of halogens is 1. The second kappa shape index (κ2) is 11.0. The quantitative estimate of drug-likeness (QED) is 0.394. The van der Waals surface area contributed by atoms with E-state index in [0.717, 1.165) is 15.8 Å². The minimum atomic E-state index is -0.785. The molecule has 9 heteroatoms. The summed E-state index contributed by atoms with van der Waals surface area (Å²) in [7, 11) is 1.49. The van der Waals surface area contributed by atoms with Gasteiger partial charge in [0.1, 0.15) is 11.3 Å². The van der Waals surface area contributed by atoms with E-state index in [4.69, 9.17) is 14.2 Å².